The van der Waals surface area contributed by atoms with Gasteiger partial charge in [0, 0.05) is 25.2 Å². The summed E-state index contributed by atoms with van der Waals surface area (Å²) in [6.45, 7) is 1.41. The molecule has 1 aliphatic heterocycles. The number of pyridine rings is 1. The Bertz CT molecular complexity index is 1070. The van der Waals surface area contributed by atoms with Gasteiger partial charge in [-0.2, -0.15) is 0 Å². The predicted octanol–water partition coefficient (Wildman–Crippen LogP) is 2.56. The number of amides is 1. The van der Waals surface area contributed by atoms with Crippen molar-refractivity contribution in [3.63, 3.8) is 0 Å². The summed E-state index contributed by atoms with van der Waals surface area (Å²) < 4.78 is 1.70. The van der Waals surface area contributed by atoms with E-state index in [0.717, 1.165) is 36.2 Å². The molecule has 4 heterocycles. The minimum Gasteiger partial charge on any atom is -0.342 e. The molecule has 1 aliphatic rings. The molecular weight excluding hydrogens is 354 g/mol. The van der Waals surface area contributed by atoms with Gasteiger partial charge < -0.3 is 9.88 Å². The number of hydrogen-bond donors (Lipinski definition) is 1. The average molecular weight is 373 g/mol. The minimum absolute atomic E-state index is 0.00335. The summed E-state index contributed by atoms with van der Waals surface area (Å²) in [7, 11) is 0. The maximum Gasteiger partial charge on any atom is 0.255 e. The van der Waals surface area contributed by atoms with Gasteiger partial charge in [0.05, 0.1) is 16.6 Å². The van der Waals surface area contributed by atoms with Gasteiger partial charge in [0.15, 0.2) is 0 Å². The fraction of sp³-hybridized carbons (Fsp3) is 0.250. The molecule has 8 nitrogen and oxygen atoms in total. The van der Waals surface area contributed by atoms with Crippen molar-refractivity contribution in [2.24, 2.45) is 0 Å². The second-order valence-corrected chi connectivity index (χ2v) is 7.00. The summed E-state index contributed by atoms with van der Waals surface area (Å²) in [5, 5.41) is 7.54. The second kappa shape index (κ2) is 6.88. The molecular formula is C20H19N7O. The Hall–Kier alpha value is -3.55. The van der Waals surface area contributed by atoms with Crippen molar-refractivity contribution >= 4 is 16.9 Å². The first-order valence-electron chi connectivity index (χ1n) is 9.33. The van der Waals surface area contributed by atoms with Crippen LogP contribution in [0.1, 0.15) is 34.9 Å². The minimum atomic E-state index is 0.00335. The lowest BCUT2D eigenvalue weighted by atomic mass is 9.97. The van der Waals surface area contributed by atoms with Crippen molar-refractivity contribution in [3.05, 3.63) is 66.6 Å². The Balaban J connectivity index is 1.33. The highest BCUT2D eigenvalue weighted by Gasteiger charge is 2.27. The fourth-order valence-electron chi connectivity index (χ4n) is 3.72. The van der Waals surface area contributed by atoms with Crippen LogP contribution in [0.25, 0.3) is 16.9 Å². The van der Waals surface area contributed by atoms with E-state index < -0.39 is 0 Å². The molecule has 1 saturated heterocycles. The third-order valence-corrected chi connectivity index (χ3v) is 5.18. The number of H-pyrrole nitrogens is 1. The van der Waals surface area contributed by atoms with Gasteiger partial charge in [-0.25, -0.2) is 9.97 Å². The van der Waals surface area contributed by atoms with E-state index in [2.05, 4.69) is 20.2 Å². The lowest BCUT2D eigenvalue weighted by Gasteiger charge is -2.31. The van der Waals surface area contributed by atoms with Crippen molar-refractivity contribution in [1.82, 2.24) is 34.6 Å². The Kier molecular flexibility index (Phi) is 4.08. The lowest BCUT2D eigenvalue weighted by Crippen LogP contribution is -2.39. The largest absolute Gasteiger partial charge is 0.342 e. The molecule has 1 N–H and O–H groups in total. The Morgan fingerprint density at radius 1 is 1.11 bits per heavy atom. The molecule has 0 radical (unpaired) electrons. The molecule has 0 aliphatic carbocycles. The summed E-state index contributed by atoms with van der Waals surface area (Å²) in [5.41, 5.74) is 2.59. The van der Waals surface area contributed by atoms with E-state index in [1.54, 1.807) is 35.6 Å². The highest BCUT2D eigenvalue weighted by molar-refractivity contribution is 5.94. The van der Waals surface area contributed by atoms with Gasteiger partial charge in [0.1, 0.15) is 24.3 Å². The molecule has 0 bridgehead atoms. The summed E-state index contributed by atoms with van der Waals surface area (Å²) in [6, 6.07) is 11.6. The quantitative estimate of drug-likeness (QED) is 0.596. The molecule has 28 heavy (non-hydrogen) atoms. The van der Waals surface area contributed by atoms with Crippen LogP contribution in [0.4, 0.5) is 0 Å². The van der Waals surface area contributed by atoms with Crippen molar-refractivity contribution in [1.29, 1.82) is 0 Å². The summed E-state index contributed by atoms with van der Waals surface area (Å²) in [5.74, 6) is 1.86. The molecule has 8 heteroatoms. The highest BCUT2D eigenvalue weighted by Crippen LogP contribution is 2.27. The van der Waals surface area contributed by atoms with E-state index in [1.165, 1.54) is 0 Å². The van der Waals surface area contributed by atoms with E-state index in [0.29, 0.717) is 17.9 Å². The SMILES string of the molecule is O=C(c1ccc(-n2cnnc2)nc1)N1CCCC(c2nc3ccccc3[nH]2)C1. The van der Waals surface area contributed by atoms with Crippen LogP contribution in [-0.4, -0.2) is 53.6 Å². The monoisotopic (exact) mass is 373 g/mol. The van der Waals surface area contributed by atoms with Crippen LogP contribution in [0.5, 0.6) is 0 Å². The molecule has 140 valence electrons. The van der Waals surface area contributed by atoms with E-state index in [4.69, 9.17) is 4.98 Å². The number of carbonyl (C=O) groups is 1. The third-order valence-electron chi connectivity index (χ3n) is 5.18. The number of rotatable bonds is 3. The Morgan fingerprint density at radius 3 is 2.75 bits per heavy atom. The number of nitrogens with one attached hydrogen (secondary N) is 1. The number of piperidine rings is 1. The van der Waals surface area contributed by atoms with Crippen LogP contribution in [-0.2, 0) is 0 Å². The molecule has 5 rings (SSSR count). The van der Waals surface area contributed by atoms with Crippen LogP contribution in [0.15, 0.2) is 55.2 Å². The third kappa shape index (κ3) is 3.02. The normalized spacial score (nSPS) is 17.1. The van der Waals surface area contributed by atoms with Gasteiger partial charge in [-0.3, -0.25) is 9.36 Å². The molecule has 1 fully saturated rings. The first kappa shape index (κ1) is 16.6. The van der Waals surface area contributed by atoms with E-state index in [9.17, 15) is 4.79 Å². The fourth-order valence-corrected chi connectivity index (χ4v) is 3.72. The molecule has 1 unspecified atom stereocenters. The van der Waals surface area contributed by atoms with Crippen molar-refractivity contribution < 1.29 is 4.79 Å². The number of carbonyl (C=O) groups excluding carboxylic acids is 1. The number of hydrogen-bond acceptors (Lipinski definition) is 5. The maximum atomic E-state index is 13.0. The Labute approximate surface area is 161 Å². The van der Waals surface area contributed by atoms with Crippen LogP contribution >= 0.6 is 0 Å². The summed E-state index contributed by atoms with van der Waals surface area (Å²) in [4.78, 5) is 27.4. The van der Waals surface area contributed by atoms with Gasteiger partial charge in [-0.1, -0.05) is 12.1 Å². The van der Waals surface area contributed by atoms with Gasteiger partial charge in [0.2, 0.25) is 0 Å². The Morgan fingerprint density at radius 2 is 1.96 bits per heavy atom. The zero-order valence-electron chi connectivity index (χ0n) is 15.2. The topological polar surface area (TPSA) is 92.6 Å². The number of aromatic nitrogens is 6. The van der Waals surface area contributed by atoms with E-state index >= 15 is 0 Å². The molecule has 3 aromatic heterocycles. The predicted molar refractivity (Wildman–Crippen MR) is 103 cm³/mol. The maximum absolute atomic E-state index is 13.0. The van der Waals surface area contributed by atoms with Gasteiger partial charge in [0.25, 0.3) is 5.91 Å². The number of nitrogens with zero attached hydrogens (tertiary/aromatic N) is 6. The average Bonchev–Trinajstić information content (AvgIpc) is 3.43. The van der Waals surface area contributed by atoms with Crippen LogP contribution in [0.3, 0.4) is 0 Å². The number of likely N-dealkylation sites (tertiary alicyclic amines) is 1. The first-order chi connectivity index (χ1) is 13.8. The number of aromatic amines is 1. The molecule has 1 amide bonds. The molecule has 0 spiro atoms. The van der Waals surface area contributed by atoms with Gasteiger partial charge >= 0.3 is 0 Å². The standard InChI is InChI=1S/C20H19N7O/c28-20(14-7-8-18(21-10-14)27-12-22-23-13-27)26-9-3-4-15(11-26)19-24-16-5-1-2-6-17(16)25-19/h1-2,5-8,10,12-13,15H,3-4,9,11H2,(H,24,25). The van der Waals surface area contributed by atoms with Crippen molar-refractivity contribution in [3.8, 4) is 5.82 Å². The van der Waals surface area contributed by atoms with Crippen molar-refractivity contribution in [2.75, 3.05) is 13.1 Å². The number of fused-ring (bicyclic) bond motifs is 1. The van der Waals surface area contributed by atoms with Gasteiger partial charge in [-0.05, 0) is 37.1 Å². The molecule has 1 atom stereocenters. The van der Waals surface area contributed by atoms with Crippen LogP contribution in [0.2, 0.25) is 0 Å². The molecule has 1 aromatic carbocycles. The summed E-state index contributed by atoms with van der Waals surface area (Å²) >= 11 is 0. The van der Waals surface area contributed by atoms with Crippen LogP contribution < -0.4 is 0 Å². The highest BCUT2D eigenvalue weighted by atomic mass is 16.2. The van der Waals surface area contributed by atoms with Gasteiger partial charge in [-0.15, -0.1) is 10.2 Å². The summed E-state index contributed by atoms with van der Waals surface area (Å²) in [6.07, 6.45) is 6.75. The second-order valence-electron chi connectivity index (χ2n) is 7.00. The smallest absolute Gasteiger partial charge is 0.255 e. The van der Waals surface area contributed by atoms with E-state index in [-0.39, 0.29) is 11.8 Å². The number of benzene rings is 1. The van der Waals surface area contributed by atoms with E-state index in [1.807, 2.05) is 29.2 Å². The lowest BCUT2D eigenvalue weighted by molar-refractivity contribution is 0.0704. The number of imidazole rings is 1. The zero-order chi connectivity index (χ0) is 18.9. The zero-order valence-corrected chi connectivity index (χ0v) is 15.2. The molecule has 4 aromatic rings. The number of para-hydroxylation sites is 2. The van der Waals surface area contributed by atoms with Crippen molar-refractivity contribution in [2.45, 2.75) is 18.8 Å². The molecule has 0 saturated carbocycles. The van der Waals surface area contributed by atoms with Crippen LogP contribution in [0, 0.1) is 0 Å². The first-order valence-corrected chi connectivity index (χ1v) is 9.33.